The highest BCUT2D eigenvalue weighted by atomic mass is 127. The molecule has 2 aromatic rings. The number of halogens is 1. The van der Waals surface area contributed by atoms with E-state index in [1.165, 1.54) is 24.8 Å². The van der Waals surface area contributed by atoms with Gasteiger partial charge >= 0.3 is 0 Å². The molecule has 1 unspecified atom stereocenters. The van der Waals surface area contributed by atoms with Crippen LogP contribution in [0.4, 0.5) is 0 Å². The van der Waals surface area contributed by atoms with Crippen LogP contribution in [0.5, 0.6) is 5.75 Å². The molecule has 0 aliphatic heterocycles. The first-order chi connectivity index (χ1) is 14.9. The lowest BCUT2D eigenvalue weighted by Gasteiger charge is -2.38. The third kappa shape index (κ3) is 6.60. The van der Waals surface area contributed by atoms with Crippen molar-refractivity contribution in [3.63, 3.8) is 0 Å². The van der Waals surface area contributed by atoms with Gasteiger partial charge in [-0.3, -0.25) is 4.68 Å². The van der Waals surface area contributed by atoms with Crippen LogP contribution in [0.2, 0.25) is 0 Å². The molecule has 32 heavy (non-hydrogen) atoms. The van der Waals surface area contributed by atoms with Crippen LogP contribution in [-0.4, -0.2) is 47.6 Å². The fraction of sp³-hybridized carbons (Fsp3) is 0.583. The molecule has 7 nitrogen and oxygen atoms in total. The van der Waals surface area contributed by atoms with Crippen molar-refractivity contribution >= 4 is 29.9 Å². The summed E-state index contributed by atoms with van der Waals surface area (Å²) >= 11 is 0. The Morgan fingerprint density at radius 1 is 1.22 bits per heavy atom. The van der Waals surface area contributed by atoms with E-state index in [4.69, 9.17) is 9.73 Å². The summed E-state index contributed by atoms with van der Waals surface area (Å²) in [6.45, 7) is 5.65. The third-order valence-corrected chi connectivity index (χ3v) is 6.32. The van der Waals surface area contributed by atoms with E-state index < -0.39 is 5.60 Å². The molecule has 1 atom stereocenters. The van der Waals surface area contributed by atoms with Crippen LogP contribution in [-0.2, 0) is 18.1 Å². The number of nitrogens with one attached hydrogen (secondary N) is 2. The Balaban J connectivity index is 0.00000363. The number of aromatic nitrogens is 2. The van der Waals surface area contributed by atoms with E-state index in [1.54, 1.807) is 24.9 Å². The van der Waals surface area contributed by atoms with E-state index in [9.17, 15) is 5.11 Å². The number of aliphatic hydroxyl groups is 1. The highest BCUT2D eigenvalue weighted by Gasteiger charge is 2.34. The maximum Gasteiger partial charge on any atom is 0.191 e. The topological polar surface area (TPSA) is 83.7 Å². The summed E-state index contributed by atoms with van der Waals surface area (Å²) in [6.07, 6.45) is 9.58. The molecule has 1 aromatic heterocycles. The van der Waals surface area contributed by atoms with E-state index in [-0.39, 0.29) is 35.9 Å². The summed E-state index contributed by atoms with van der Waals surface area (Å²) in [5, 5.41) is 21.9. The largest absolute Gasteiger partial charge is 0.497 e. The summed E-state index contributed by atoms with van der Waals surface area (Å²) in [6, 6.07) is 8.50. The molecular formula is C24H38IN5O2. The third-order valence-electron chi connectivity index (χ3n) is 6.32. The number of ether oxygens (including phenoxy) is 1. The van der Waals surface area contributed by atoms with E-state index in [0.717, 1.165) is 43.2 Å². The summed E-state index contributed by atoms with van der Waals surface area (Å²) in [4.78, 5) is 4.69. The summed E-state index contributed by atoms with van der Waals surface area (Å²) in [7, 11) is 3.55. The molecule has 0 spiro atoms. The molecule has 1 aromatic carbocycles. The molecule has 1 aliphatic rings. The fourth-order valence-electron chi connectivity index (χ4n) is 4.36. The van der Waals surface area contributed by atoms with E-state index >= 15 is 0 Å². The quantitative estimate of drug-likeness (QED) is 0.263. The predicted octanol–water partition coefficient (Wildman–Crippen LogP) is 3.71. The van der Waals surface area contributed by atoms with Crippen molar-refractivity contribution in [1.82, 2.24) is 20.4 Å². The molecular weight excluding hydrogens is 517 g/mol. The first-order valence-corrected chi connectivity index (χ1v) is 11.3. The van der Waals surface area contributed by atoms with E-state index in [0.29, 0.717) is 0 Å². The van der Waals surface area contributed by atoms with Gasteiger partial charge in [0, 0.05) is 37.3 Å². The second kappa shape index (κ2) is 11.9. The number of nitrogens with zero attached hydrogens (tertiary/aromatic N) is 3. The maximum atomic E-state index is 10.9. The molecule has 0 amide bonds. The smallest absolute Gasteiger partial charge is 0.191 e. The standard InChI is InChI=1S/C24H37N5O2.HI/c1-5-25-22(26-17-23(2,30)20-15-28-29(3)16-20)27-18-24(13-7-6-8-14-24)19-9-11-21(31-4)12-10-19;/h9-12,15-16,30H,5-8,13-14,17-18H2,1-4H3,(H2,25,26,27);1H. The Morgan fingerprint density at radius 2 is 1.91 bits per heavy atom. The van der Waals surface area contributed by atoms with Crippen molar-refractivity contribution in [2.45, 2.75) is 57.0 Å². The molecule has 1 aliphatic carbocycles. The normalized spacial score (nSPS) is 17.7. The molecule has 1 saturated carbocycles. The van der Waals surface area contributed by atoms with Crippen LogP contribution >= 0.6 is 24.0 Å². The van der Waals surface area contributed by atoms with Gasteiger partial charge < -0.3 is 20.5 Å². The predicted molar refractivity (Wildman–Crippen MR) is 140 cm³/mol. The van der Waals surface area contributed by atoms with Gasteiger partial charge in [0.25, 0.3) is 0 Å². The number of hydrogen-bond acceptors (Lipinski definition) is 4. The number of methoxy groups -OCH3 is 1. The molecule has 1 heterocycles. The van der Waals surface area contributed by atoms with E-state index in [1.807, 2.05) is 13.2 Å². The molecule has 0 bridgehead atoms. The monoisotopic (exact) mass is 555 g/mol. The number of guanidine groups is 1. The molecule has 3 rings (SSSR count). The lowest BCUT2D eigenvalue weighted by Crippen LogP contribution is -2.47. The Kier molecular flexibility index (Phi) is 9.82. The van der Waals surface area contributed by atoms with Gasteiger partial charge in [-0.15, -0.1) is 24.0 Å². The minimum atomic E-state index is -1.07. The van der Waals surface area contributed by atoms with Crippen molar-refractivity contribution in [1.29, 1.82) is 0 Å². The lowest BCUT2D eigenvalue weighted by atomic mass is 9.69. The first-order valence-electron chi connectivity index (χ1n) is 11.3. The second-order valence-corrected chi connectivity index (χ2v) is 8.79. The van der Waals surface area contributed by atoms with Gasteiger partial charge in [0.15, 0.2) is 5.96 Å². The zero-order valence-corrected chi connectivity index (χ0v) is 22.1. The minimum absolute atomic E-state index is 0. The average Bonchev–Trinajstić information content (AvgIpc) is 3.24. The molecule has 178 valence electrons. The SMILES string of the molecule is CCNC(=NCC(C)(O)c1cnn(C)c1)NCC1(c2ccc(OC)cc2)CCCCC1.I. The van der Waals surface area contributed by atoms with Crippen LogP contribution in [0.1, 0.15) is 57.1 Å². The van der Waals surface area contributed by atoms with Crippen LogP contribution in [0, 0.1) is 0 Å². The maximum absolute atomic E-state index is 10.9. The van der Waals surface area contributed by atoms with Crippen LogP contribution in [0.25, 0.3) is 0 Å². The zero-order valence-electron chi connectivity index (χ0n) is 19.7. The number of hydrogen-bond donors (Lipinski definition) is 3. The van der Waals surface area contributed by atoms with Crippen molar-refractivity contribution < 1.29 is 9.84 Å². The molecule has 0 saturated heterocycles. The first kappa shape index (κ1) is 26.4. The summed E-state index contributed by atoms with van der Waals surface area (Å²) < 4.78 is 7.04. The summed E-state index contributed by atoms with van der Waals surface area (Å²) in [5.74, 6) is 1.61. The van der Waals surface area contributed by atoms with Gasteiger partial charge in [-0.2, -0.15) is 5.10 Å². The molecule has 8 heteroatoms. The zero-order chi connectivity index (χ0) is 22.3. The van der Waals surface area contributed by atoms with Crippen molar-refractivity contribution in [3.8, 4) is 5.75 Å². The number of rotatable bonds is 8. The highest BCUT2D eigenvalue weighted by molar-refractivity contribution is 14.0. The average molecular weight is 556 g/mol. The van der Waals surface area contributed by atoms with Gasteiger partial charge in [0.2, 0.25) is 0 Å². The number of benzene rings is 1. The molecule has 0 radical (unpaired) electrons. The minimum Gasteiger partial charge on any atom is -0.497 e. The van der Waals surface area contributed by atoms with Crippen LogP contribution in [0.3, 0.4) is 0 Å². The Morgan fingerprint density at radius 3 is 2.47 bits per heavy atom. The number of aryl methyl sites for hydroxylation is 1. The summed E-state index contributed by atoms with van der Waals surface area (Å²) in [5.41, 5.74) is 1.11. The van der Waals surface area contributed by atoms with Gasteiger partial charge in [-0.1, -0.05) is 31.4 Å². The van der Waals surface area contributed by atoms with Gasteiger partial charge in [0.05, 0.1) is 19.9 Å². The Hall–Kier alpha value is -1.81. The Labute approximate surface area is 209 Å². The van der Waals surface area contributed by atoms with Crippen molar-refractivity contribution in [2.24, 2.45) is 12.0 Å². The van der Waals surface area contributed by atoms with Crippen LogP contribution in [0.15, 0.2) is 41.7 Å². The second-order valence-electron chi connectivity index (χ2n) is 8.79. The Bertz CT molecular complexity index is 858. The van der Waals surface area contributed by atoms with Gasteiger partial charge in [0.1, 0.15) is 11.4 Å². The van der Waals surface area contributed by atoms with Crippen molar-refractivity contribution in [3.05, 3.63) is 47.8 Å². The molecule has 3 N–H and O–H groups in total. The van der Waals surface area contributed by atoms with Crippen LogP contribution < -0.4 is 15.4 Å². The number of aliphatic imine (C=N–C) groups is 1. The van der Waals surface area contributed by atoms with Crippen molar-refractivity contribution in [2.75, 3.05) is 26.7 Å². The highest BCUT2D eigenvalue weighted by Crippen LogP contribution is 2.39. The lowest BCUT2D eigenvalue weighted by molar-refractivity contribution is 0.0671. The molecule has 1 fully saturated rings. The van der Waals surface area contributed by atoms with Gasteiger partial charge in [-0.25, -0.2) is 4.99 Å². The fourth-order valence-corrected chi connectivity index (χ4v) is 4.36. The van der Waals surface area contributed by atoms with E-state index in [2.05, 4.69) is 46.9 Å². The van der Waals surface area contributed by atoms with Gasteiger partial charge in [-0.05, 0) is 44.4 Å².